The van der Waals surface area contributed by atoms with Crippen molar-refractivity contribution in [2.45, 2.75) is 19.0 Å². The van der Waals surface area contributed by atoms with Gasteiger partial charge in [-0.1, -0.05) is 45.2 Å². The van der Waals surface area contributed by atoms with Crippen LogP contribution >= 0.6 is 39.1 Å². The minimum Gasteiger partial charge on any atom is -0.330 e. The van der Waals surface area contributed by atoms with E-state index in [0.29, 0.717) is 22.0 Å². The van der Waals surface area contributed by atoms with Crippen molar-refractivity contribution in [1.82, 2.24) is 4.90 Å². The smallest absolute Gasteiger partial charge is 0.254 e. The van der Waals surface area contributed by atoms with Crippen LogP contribution in [0.5, 0.6) is 0 Å². The zero-order chi connectivity index (χ0) is 18.9. The van der Waals surface area contributed by atoms with Crippen molar-refractivity contribution in [3.05, 3.63) is 68.1 Å². The van der Waals surface area contributed by atoms with Crippen LogP contribution in [0.3, 0.4) is 0 Å². The predicted molar refractivity (Wildman–Crippen MR) is 108 cm³/mol. The van der Waals surface area contributed by atoms with Crippen LogP contribution in [0, 0.1) is 0 Å². The second kappa shape index (κ2) is 7.89. The van der Waals surface area contributed by atoms with E-state index >= 15 is 0 Å². The maximum Gasteiger partial charge on any atom is 0.254 e. The number of benzene rings is 2. The van der Waals surface area contributed by atoms with Crippen LogP contribution in [0.2, 0.25) is 10.0 Å². The van der Waals surface area contributed by atoms with E-state index in [1.807, 2.05) is 0 Å². The molecule has 8 heteroatoms. The van der Waals surface area contributed by atoms with Crippen molar-refractivity contribution in [2.24, 2.45) is 0 Å². The Morgan fingerprint density at radius 2 is 1.85 bits per heavy atom. The fraction of sp³-hybridized carbons (Fsp3) is 0.278. The van der Waals surface area contributed by atoms with Gasteiger partial charge < -0.3 is 4.90 Å². The molecule has 1 aliphatic rings. The van der Waals surface area contributed by atoms with Crippen molar-refractivity contribution in [3.63, 3.8) is 0 Å². The highest BCUT2D eigenvalue weighted by atomic mass is 79.9. The molecule has 0 spiro atoms. The Bertz CT molecular complexity index is 932. The number of carbonyl (C=O) groups is 1. The minimum absolute atomic E-state index is 0.0273. The summed E-state index contributed by atoms with van der Waals surface area (Å²) in [5.41, 5.74) is 1.23. The van der Waals surface area contributed by atoms with Gasteiger partial charge in [-0.25, -0.2) is 8.42 Å². The van der Waals surface area contributed by atoms with Gasteiger partial charge in [0, 0.05) is 32.7 Å². The second-order valence-electron chi connectivity index (χ2n) is 6.23. The van der Waals surface area contributed by atoms with Crippen LogP contribution in [0.4, 0.5) is 0 Å². The Labute approximate surface area is 171 Å². The van der Waals surface area contributed by atoms with Crippen LogP contribution in [0.1, 0.15) is 22.3 Å². The summed E-state index contributed by atoms with van der Waals surface area (Å²) in [5, 5.41) is 0.958. The number of nitrogens with zero attached hydrogens (tertiary/aromatic N) is 1. The Kier molecular flexibility index (Phi) is 5.97. The second-order valence-corrected chi connectivity index (χ2v) is 10.2. The molecule has 138 valence electrons. The van der Waals surface area contributed by atoms with Crippen LogP contribution < -0.4 is 0 Å². The first-order valence-electron chi connectivity index (χ1n) is 7.96. The molecule has 0 saturated carbocycles. The molecule has 26 heavy (non-hydrogen) atoms. The first kappa shape index (κ1) is 19.7. The molecule has 0 bridgehead atoms. The molecule has 0 aromatic heterocycles. The molecule has 1 amide bonds. The molecule has 2 aromatic carbocycles. The number of rotatable bonds is 4. The van der Waals surface area contributed by atoms with Gasteiger partial charge in [0.15, 0.2) is 9.84 Å². The maximum absolute atomic E-state index is 13.1. The van der Waals surface area contributed by atoms with E-state index in [4.69, 9.17) is 23.2 Å². The highest BCUT2D eigenvalue weighted by Crippen LogP contribution is 2.27. The fourth-order valence-electron chi connectivity index (χ4n) is 2.98. The highest BCUT2D eigenvalue weighted by Gasteiger charge is 2.35. The summed E-state index contributed by atoms with van der Waals surface area (Å²) in [5.74, 6) is -0.151. The molecule has 4 nitrogen and oxygen atoms in total. The van der Waals surface area contributed by atoms with Gasteiger partial charge in [-0.15, -0.1) is 0 Å². The van der Waals surface area contributed by atoms with E-state index in [1.54, 1.807) is 47.4 Å². The zero-order valence-electron chi connectivity index (χ0n) is 13.7. The van der Waals surface area contributed by atoms with Gasteiger partial charge in [-0.2, -0.15) is 0 Å². The van der Waals surface area contributed by atoms with Crippen molar-refractivity contribution in [1.29, 1.82) is 0 Å². The third kappa shape index (κ3) is 4.60. The molecule has 2 aromatic rings. The topological polar surface area (TPSA) is 54.5 Å². The summed E-state index contributed by atoms with van der Waals surface area (Å²) < 4.78 is 24.7. The summed E-state index contributed by atoms with van der Waals surface area (Å²) in [7, 11) is -3.13. The molecular weight excluding hydrogens is 461 g/mol. The minimum atomic E-state index is -3.13. The third-order valence-corrected chi connectivity index (χ3v) is 7.22. The molecular formula is C18H16BrCl2NO3S. The molecule has 1 atom stereocenters. The van der Waals surface area contributed by atoms with Gasteiger partial charge in [0.05, 0.1) is 11.5 Å². The van der Waals surface area contributed by atoms with E-state index in [1.165, 1.54) is 0 Å². The molecule has 0 radical (unpaired) electrons. The average Bonchev–Trinajstić information content (AvgIpc) is 2.94. The summed E-state index contributed by atoms with van der Waals surface area (Å²) >= 11 is 15.6. The quantitative estimate of drug-likeness (QED) is 0.648. The lowest BCUT2D eigenvalue weighted by atomic mass is 10.1. The van der Waals surface area contributed by atoms with Crippen molar-refractivity contribution in [2.75, 3.05) is 11.5 Å². The summed E-state index contributed by atoms with van der Waals surface area (Å²) in [4.78, 5) is 14.7. The lowest BCUT2D eigenvalue weighted by Crippen LogP contribution is -2.40. The van der Waals surface area contributed by atoms with Crippen molar-refractivity contribution < 1.29 is 13.2 Å². The van der Waals surface area contributed by atoms with Crippen LogP contribution in [0.25, 0.3) is 0 Å². The molecule has 0 N–H and O–H groups in total. The van der Waals surface area contributed by atoms with Gasteiger partial charge in [0.2, 0.25) is 0 Å². The number of hydrogen-bond donors (Lipinski definition) is 0. The third-order valence-electron chi connectivity index (χ3n) is 4.36. The van der Waals surface area contributed by atoms with Gasteiger partial charge in [0.25, 0.3) is 5.91 Å². The van der Waals surface area contributed by atoms with Gasteiger partial charge in [0.1, 0.15) is 0 Å². The predicted octanol–water partition coefficient (Wildman–Crippen LogP) is 4.59. The van der Waals surface area contributed by atoms with Gasteiger partial charge in [-0.05, 0) is 48.4 Å². The average molecular weight is 477 g/mol. The van der Waals surface area contributed by atoms with Crippen LogP contribution in [-0.2, 0) is 16.4 Å². The molecule has 1 saturated heterocycles. The summed E-state index contributed by atoms with van der Waals surface area (Å²) in [6.45, 7) is 0.227. The first-order chi connectivity index (χ1) is 12.2. The van der Waals surface area contributed by atoms with E-state index in [0.717, 1.165) is 10.0 Å². The highest BCUT2D eigenvalue weighted by molar-refractivity contribution is 9.10. The Balaban J connectivity index is 1.93. The van der Waals surface area contributed by atoms with Gasteiger partial charge >= 0.3 is 0 Å². The molecule has 1 heterocycles. The molecule has 1 fully saturated rings. The lowest BCUT2D eigenvalue weighted by molar-refractivity contribution is 0.0681. The van der Waals surface area contributed by atoms with Crippen molar-refractivity contribution in [3.8, 4) is 0 Å². The SMILES string of the molecule is O=C(c1ccc(Br)cc1)N(Cc1ccc(Cl)cc1Cl)C1CCS(=O)(=O)C1. The Morgan fingerprint density at radius 1 is 1.15 bits per heavy atom. The van der Waals surface area contributed by atoms with Gasteiger partial charge in [-0.3, -0.25) is 4.79 Å². The first-order valence-corrected chi connectivity index (χ1v) is 11.3. The lowest BCUT2D eigenvalue weighted by Gasteiger charge is -2.29. The van der Waals surface area contributed by atoms with E-state index in [9.17, 15) is 13.2 Å². The number of halogens is 3. The van der Waals surface area contributed by atoms with E-state index in [2.05, 4.69) is 15.9 Å². The molecule has 3 rings (SSSR count). The fourth-order valence-corrected chi connectivity index (χ4v) is 5.44. The normalized spacial score (nSPS) is 18.7. The van der Waals surface area contributed by atoms with Crippen molar-refractivity contribution >= 4 is 54.9 Å². The summed E-state index contributed by atoms with van der Waals surface area (Å²) in [6.07, 6.45) is 0.426. The zero-order valence-corrected chi connectivity index (χ0v) is 17.6. The number of carbonyl (C=O) groups excluding carboxylic acids is 1. The van der Waals surface area contributed by atoms with E-state index < -0.39 is 9.84 Å². The van der Waals surface area contributed by atoms with E-state index in [-0.39, 0.29) is 30.0 Å². The standard InChI is InChI=1S/C18H16BrCl2NO3S/c19-14-4-1-12(2-5-14)18(23)22(16-7-8-26(24,25)11-16)10-13-3-6-15(20)9-17(13)21/h1-6,9,16H,7-8,10-11H2. The summed E-state index contributed by atoms with van der Waals surface area (Å²) in [6, 6.07) is 11.7. The Hall–Kier alpha value is -1.08. The monoisotopic (exact) mass is 475 g/mol. The van der Waals surface area contributed by atoms with Crippen LogP contribution in [-0.4, -0.2) is 36.8 Å². The largest absolute Gasteiger partial charge is 0.330 e. The molecule has 1 aliphatic heterocycles. The number of hydrogen-bond acceptors (Lipinski definition) is 3. The molecule has 0 aliphatic carbocycles. The Morgan fingerprint density at radius 3 is 2.42 bits per heavy atom. The number of amides is 1. The maximum atomic E-state index is 13.1. The molecule has 1 unspecified atom stereocenters. The van der Waals surface area contributed by atoms with Crippen LogP contribution in [0.15, 0.2) is 46.9 Å². The number of sulfone groups is 1.